The van der Waals surface area contributed by atoms with Crippen LogP contribution in [0.5, 0.6) is 5.75 Å². The van der Waals surface area contributed by atoms with Gasteiger partial charge in [0, 0.05) is 17.1 Å². The van der Waals surface area contributed by atoms with Gasteiger partial charge in [0.25, 0.3) is 5.56 Å². The van der Waals surface area contributed by atoms with Crippen molar-refractivity contribution in [2.24, 2.45) is 23.7 Å². The number of aromatic hydroxyl groups is 1. The van der Waals surface area contributed by atoms with E-state index in [9.17, 15) is 25.0 Å². The number of aromatic nitrogens is 1. The zero-order valence-corrected chi connectivity index (χ0v) is 17.6. The first-order chi connectivity index (χ1) is 14.8. The van der Waals surface area contributed by atoms with Gasteiger partial charge in [-0.1, -0.05) is 30.7 Å². The molecule has 7 nitrogen and oxygen atoms in total. The zero-order chi connectivity index (χ0) is 22.0. The zero-order valence-electron chi connectivity index (χ0n) is 17.6. The summed E-state index contributed by atoms with van der Waals surface area (Å²) in [6, 6.07) is 0. The average molecular weight is 425 g/mol. The lowest BCUT2D eigenvalue weighted by Crippen LogP contribution is -2.40. The molecule has 0 aromatic carbocycles. The number of nitrogens with zero attached hydrogens (tertiary/aromatic N) is 1. The van der Waals surface area contributed by atoms with Gasteiger partial charge in [0.2, 0.25) is 0 Å². The van der Waals surface area contributed by atoms with Gasteiger partial charge in [-0.2, -0.15) is 4.73 Å². The van der Waals surface area contributed by atoms with Gasteiger partial charge in [0.05, 0.1) is 12.3 Å². The predicted octanol–water partition coefficient (Wildman–Crippen LogP) is 3.60. The molecule has 164 valence electrons. The van der Waals surface area contributed by atoms with Crippen LogP contribution in [0.4, 0.5) is 0 Å². The topological polar surface area (TPSA) is 112 Å². The highest BCUT2D eigenvalue weighted by atomic mass is 16.6. The molecule has 1 aliphatic heterocycles. The third-order valence-electron chi connectivity index (χ3n) is 7.42. The lowest BCUT2D eigenvalue weighted by atomic mass is 9.63. The van der Waals surface area contributed by atoms with Gasteiger partial charge in [-0.05, 0) is 50.4 Å². The number of rotatable bonds is 3. The minimum absolute atomic E-state index is 0.00878. The molecule has 0 amide bonds. The molecule has 4 aliphatic rings. The summed E-state index contributed by atoms with van der Waals surface area (Å²) in [6.07, 6.45) is 9.64. The maximum Gasteiger partial charge on any atom is 0.297 e. The number of allylic oxidation sites excluding steroid dienone is 5. The highest BCUT2D eigenvalue weighted by Gasteiger charge is 2.47. The van der Waals surface area contributed by atoms with Gasteiger partial charge < -0.3 is 20.2 Å². The van der Waals surface area contributed by atoms with Gasteiger partial charge in [0.15, 0.2) is 5.78 Å². The van der Waals surface area contributed by atoms with Crippen molar-refractivity contribution < 1.29 is 25.0 Å². The SMILES string of the molecule is CC1=CCC2C(C=CC(C)C2C(=O)c2c(O)c(C3=C(O)C4OC4CC3)cn(O)c2=O)C1. The van der Waals surface area contributed by atoms with E-state index in [0.717, 1.165) is 19.0 Å². The van der Waals surface area contributed by atoms with E-state index >= 15 is 0 Å². The molecule has 1 aromatic rings. The molecular weight excluding hydrogens is 398 g/mol. The Morgan fingerprint density at radius 2 is 2.03 bits per heavy atom. The van der Waals surface area contributed by atoms with Crippen molar-refractivity contribution >= 4 is 11.4 Å². The smallest absolute Gasteiger partial charge is 0.297 e. The van der Waals surface area contributed by atoms with Crippen LogP contribution in [0.25, 0.3) is 5.57 Å². The molecule has 5 rings (SSSR count). The largest absolute Gasteiger partial charge is 0.509 e. The van der Waals surface area contributed by atoms with Crippen molar-refractivity contribution in [2.75, 3.05) is 0 Å². The fourth-order valence-corrected chi connectivity index (χ4v) is 5.67. The Balaban J connectivity index is 1.59. The number of ketones is 1. The first kappa shape index (κ1) is 20.1. The number of carbonyl (C=O) groups excluding carboxylic acids is 1. The normalized spacial score (nSPS) is 34.1. The third kappa shape index (κ3) is 3.14. The first-order valence-corrected chi connectivity index (χ1v) is 10.9. The van der Waals surface area contributed by atoms with Crippen molar-refractivity contribution in [3.05, 3.63) is 57.2 Å². The molecule has 6 unspecified atom stereocenters. The Morgan fingerprint density at radius 1 is 1.26 bits per heavy atom. The third-order valence-corrected chi connectivity index (χ3v) is 7.42. The first-order valence-electron chi connectivity index (χ1n) is 10.9. The summed E-state index contributed by atoms with van der Waals surface area (Å²) < 4.78 is 5.73. The summed E-state index contributed by atoms with van der Waals surface area (Å²) in [5.41, 5.74) is 0.444. The Bertz CT molecular complexity index is 1110. The second-order valence-electron chi connectivity index (χ2n) is 9.37. The molecule has 2 heterocycles. The highest BCUT2D eigenvalue weighted by molar-refractivity contribution is 6.02. The Hall–Kier alpha value is -2.80. The number of aliphatic hydroxyl groups is 1. The van der Waals surface area contributed by atoms with E-state index in [4.69, 9.17) is 4.74 Å². The van der Waals surface area contributed by atoms with Gasteiger partial charge in [-0.25, -0.2) is 0 Å². The van der Waals surface area contributed by atoms with Crippen LogP contribution in [-0.2, 0) is 4.74 Å². The Morgan fingerprint density at radius 3 is 2.81 bits per heavy atom. The number of Topliss-reactive ketones (excluding diaryl/α,β-unsaturated/α-hetero) is 1. The number of pyridine rings is 1. The molecule has 1 saturated heterocycles. The molecule has 3 aliphatic carbocycles. The van der Waals surface area contributed by atoms with E-state index in [2.05, 4.69) is 19.1 Å². The number of epoxide rings is 1. The summed E-state index contributed by atoms with van der Waals surface area (Å²) in [5, 5.41) is 31.8. The van der Waals surface area contributed by atoms with E-state index in [-0.39, 0.29) is 35.2 Å². The van der Waals surface area contributed by atoms with Crippen molar-refractivity contribution in [3.63, 3.8) is 0 Å². The number of fused-ring (bicyclic) bond motifs is 2. The second kappa shape index (κ2) is 7.12. The highest BCUT2D eigenvalue weighted by Crippen LogP contribution is 2.47. The fraction of sp³-hybridized carbons (Fsp3) is 0.500. The molecular formula is C24H27NO6. The van der Waals surface area contributed by atoms with Crippen LogP contribution in [0.2, 0.25) is 0 Å². The van der Waals surface area contributed by atoms with Crippen LogP contribution < -0.4 is 5.56 Å². The van der Waals surface area contributed by atoms with Crippen molar-refractivity contribution in [1.29, 1.82) is 0 Å². The lowest BCUT2D eigenvalue weighted by molar-refractivity contribution is 0.0766. The lowest BCUT2D eigenvalue weighted by Gasteiger charge is -2.39. The molecule has 0 bridgehead atoms. The molecule has 7 heteroatoms. The molecule has 1 aromatic heterocycles. The van der Waals surface area contributed by atoms with Crippen LogP contribution in [0, 0.1) is 23.7 Å². The quantitative estimate of drug-likeness (QED) is 0.295. The fourth-order valence-electron chi connectivity index (χ4n) is 5.67. The minimum atomic E-state index is -0.941. The summed E-state index contributed by atoms with van der Waals surface area (Å²) in [6.45, 7) is 4.02. The summed E-state index contributed by atoms with van der Waals surface area (Å²) in [4.78, 5) is 26.5. The molecule has 3 N–H and O–H groups in total. The summed E-state index contributed by atoms with van der Waals surface area (Å²) in [5.74, 6) is -1.26. The Kier molecular flexibility index (Phi) is 4.62. The number of aliphatic hydroxyl groups excluding tert-OH is 1. The summed E-state index contributed by atoms with van der Waals surface area (Å²) >= 11 is 0. The molecule has 0 spiro atoms. The van der Waals surface area contributed by atoms with Crippen LogP contribution in [0.3, 0.4) is 0 Å². The van der Waals surface area contributed by atoms with E-state index in [1.807, 2.05) is 13.0 Å². The Labute approximate surface area is 179 Å². The van der Waals surface area contributed by atoms with E-state index < -0.39 is 34.7 Å². The van der Waals surface area contributed by atoms with E-state index in [1.54, 1.807) is 0 Å². The number of carbonyl (C=O) groups is 1. The second-order valence-corrected chi connectivity index (χ2v) is 9.37. The van der Waals surface area contributed by atoms with E-state index in [1.165, 1.54) is 5.57 Å². The monoisotopic (exact) mass is 425 g/mol. The van der Waals surface area contributed by atoms with Crippen LogP contribution in [-0.4, -0.2) is 38.1 Å². The molecule has 6 atom stereocenters. The van der Waals surface area contributed by atoms with Gasteiger partial charge in [0.1, 0.15) is 23.2 Å². The van der Waals surface area contributed by atoms with Crippen LogP contribution >= 0.6 is 0 Å². The predicted molar refractivity (Wildman–Crippen MR) is 113 cm³/mol. The van der Waals surface area contributed by atoms with E-state index in [0.29, 0.717) is 23.1 Å². The van der Waals surface area contributed by atoms with Crippen molar-refractivity contribution in [2.45, 2.75) is 51.7 Å². The molecule has 0 radical (unpaired) electrons. The maximum absolute atomic E-state index is 13.7. The summed E-state index contributed by atoms with van der Waals surface area (Å²) in [7, 11) is 0. The molecule has 31 heavy (non-hydrogen) atoms. The van der Waals surface area contributed by atoms with Crippen molar-refractivity contribution in [3.8, 4) is 5.75 Å². The molecule has 0 saturated carbocycles. The van der Waals surface area contributed by atoms with Gasteiger partial charge in [-0.3, -0.25) is 9.59 Å². The number of ether oxygens (including phenoxy) is 1. The standard InChI is InChI=1S/C24H27NO6/c1-11-3-6-14-13(9-11)5-4-12(2)18(14)22(28)19-20(26)16(10-25(30)24(19)29)15-7-8-17-23(31-17)21(15)27/h3-5,10,12-14,17-18,23,26-27,30H,6-9H2,1-2H3. The van der Waals surface area contributed by atoms with Crippen LogP contribution in [0.1, 0.15) is 55.5 Å². The number of hydrogen-bond donors (Lipinski definition) is 3. The minimum Gasteiger partial charge on any atom is -0.509 e. The van der Waals surface area contributed by atoms with Crippen molar-refractivity contribution in [1.82, 2.24) is 4.73 Å². The maximum atomic E-state index is 13.7. The van der Waals surface area contributed by atoms with Gasteiger partial charge in [-0.15, -0.1) is 0 Å². The van der Waals surface area contributed by atoms with Gasteiger partial charge >= 0.3 is 0 Å². The number of hydrogen-bond acceptors (Lipinski definition) is 6. The molecule has 1 fully saturated rings. The average Bonchev–Trinajstić information content (AvgIpc) is 3.52. The van der Waals surface area contributed by atoms with Crippen LogP contribution in [0.15, 0.2) is 40.6 Å².